The standard InChI is InChI=1S/C25H34O5/c1-2-3-4-5-6-7-8-9-10-11-12-19-13-15-21(16-14-19)30-25(29)20-17-22(26)24(28)23(27)18-20/h13-18,26-28H,2-12H2,1H3. The third kappa shape index (κ3) is 7.97. The van der Waals surface area contributed by atoms with Crippen LogP contribution < -0.4 is 4.74 Å². The first kappa shape index (κ1) is 23.6. The number of phenols is 3. The number of benzene rings is 2. The van der Waals surface area contributed by atoms with Crippen molar-refractivity contribution in [3.63, 3.8) is 0 Å². The fraction of sp³-hybridized carbons (Fsp3) is 0.480. The maximum Gasteiger partial charge on any atom is 0.343 e. The third-order valence-electron chi connectivity index (χ3n) is 5.26. The smallest absolute Gasteiger partial charge is 0.343 e. The van der Waals surface area contributed by atoms with Crippen LogP contribution in [0.1, 0.15) is 87.1 Å². The Hall–Kier alpha value is -2.69. The molecule has 0 bridgehead atoms. The first-order valence-corrected chi connectivity index (χ1v) is 11.1. The number of unbranched alkanes of at least 4 members (excludes halogenated alkanes) is 9. The lowest BCUT2D eigenvalue weighted by Gasteiger charge is -2.08. The molecule has 0 aliphatic heterocycles. The molecule has 0 aliphatic rings. The zero-order valence-corrected chi connectivity index (χ0v) is 17.9. The Morgan fingerprint density at radius 3 is 1.80 bits per heavy atom. The highest BCUT2D eigenvalue weighted by Crippen LogP contribution is 2.35. The monoisotopic (exact) mass is 414 g/mol. The fourth-order valence-electron chi connectivity index (χ4n) is 3.43. The van der Waals surface area contributed by atoms with E-state index in [9.17, 15) is 20.1 Å². The second kappa shape index (κ2) is 12.8. The van der Waals surface area contributed by atoms with Gasteiger partial charge in [0.05, 0.1) is 5.56 Å². The van der Waals surface area contributed by atoms with Gasteiger partial charge in [-0.1, -0.05) is 76.8 Å². The van der Waals surface area contributed by atoms with Crippen LogP contribution in [-0.2, 0) is 6.42 Å². The van der Waals surface area contributed by atoms with Gasteiger partial charge < -0.3 is 20.1 Å². The van der Waals surface area contributed by atoms with Crippen molar-refractivity contribution >= 4 is 5.97 Å². The lowest BCUT2D eigenvalue weighted by molar-refractivity contribution is 0.0733. The van der Waals surface area contributed by atoms with Gasteiger partial charge >= 0.3 is 5.97 Å². The molecule has 0 radical (unpaired) electrons. The Morgan fingerprint density at radius 1 is 0.767 bits per heavy atom. The summed E-state index contributed by atoms with van der Waals surface area (Å²) in [5.41, 5.74) is 1.16. The molecule has 0 heterocycles. The fourth-order valence-corrected chi connectivity index (χ4v) is 3.43. The Labute approximate surface area is 179 Å². The van der Waals surface area contributed by atoms with Crippen LogP contribution in [0.4, 0.5) is 0 Å². The van der Waals surface area contributed by atoms with Crippen molar-refractivity contribution in [3.8, 4) is 23.0 Å². The Morgan fingerprint density at radius 2 is 1.27 bits per heavy atom. The molecular formula is C25H34O5. The molecule has 5 nitrogen and oxygen atoms in total. The molecule has 0 atom stereocenters. The summed E-state index contributed by atoms with van der Waals surface area (Å²) in [6, 6.07) is 9.48. The highest BCUT2D eigenvalue weighted by atomic mass is 16.5. The molecule has 0 amide bonds. The summed E-state index contributed by atoms with van der Waals surface area (Å²) in [6.45, 7) is 2.25. The average molecular weight is 415 g/mol. The van der Waals surface area contributed by atoms with Crippen LogP contribution in [0.5, 0.6) is 23.0 Å². The average Bonchev–Trinajstić information content (AvgIpc) is 2.74. The molecular weight excluding hydrogens is 380 g/mol. The normalized spacial score (nSPS) is 10.8. The van der Waals surface area contributed by atoms with Gasteiger partial charge in [0.1, 0.15) is 5.75 Å². The van der Waals surface area contributed by atoms with Crippen LogP contribution in [0.2, 0.25) is 0 Å². The highest BCUT2D eigenvalue weighted by Gasteiger charge is 2.15. The largest absolute Gasteiger partial charge is 0.504 e. The number of aromatic hydroxyl groups is 3. The minimum absolute atomic E-state index is 0.0442. The minimum atomic E-state index is -0.719. The van der Waals surface area contributed by atoms with E-state index in [-0.39, 0.29) is 5.56 Å². The zero-order valence-electron chi connectivity index (χ0n) is 17.9. The van der Waals surface area contributed by atoms with Crippen LogP contribution in [0, 0.1) is 0 Å². The maximum atomic E-state index is 12.2. The summed E-state index contributed by atoms with van der Waals surface area (Å²) in [7, 11) is 0. The van der Waals surface area contributed by atoms with E-state index >= 15 is 0 Å². The molecule has 0 aliphatic carbocycles. The highest BCUT2D eigenvalue weighted by molar-refractivity contribution is 5.92. The number of hydrogen-bond acceptors (Lipinski definition) is 5. The number of carbonyl (C=O) groups is 1. The van der Waals surface area contributed by atoms with E-state index in [1.54, 1.807) is 12.1 Å². The molecule has 2 aromatic rings. The Kier molecular flexibility index (Phi) is 10.1. The van der Waals surface area contributed by atoms with Crippen molar-refractivity contribution in [3.05, 3.63) is 47.5 Å². The molecule has 0 saturated heterocycles. The van der Waals surface area contributed by atoms with Crippen molar-refractivity contribution < 1.29 is 24.9 Å². The predicted molar refractivity (Wildman–Crippen MR) is 118 cm³/mol. The number of esters is 1. The quantitative estimate of drug-likeness (QED) is 0.151. The van der Waals surface area contributed by atoms with Gasteiger partial charge in [-0.2, -0.15) is 0 Å². The predicted octanol–water partition coefficient (Wildman–Crippen LogP) is 6.49. The van der Waals surface area contributed by atoms with Crippen molar-refractivity contribution in [2.75, 3.05) is 0 Å². The first-order chi connectivity index (χ1) is 14.5. The number of carbonyl (C=O) groups excluding carboxylic acids is 1. The summed E-state index contributed by atoms with van der Waals surface area (Å²) in [4.78, 5) is 12.2. The molecule has 0 unspecified atom stereocenters. The number of ether oxygens (including phenoxy) is 1. The number of hydrogen-bond donors (Lipinski definition) is 3. The minimum Gasteiger partial charge on any atom is -0.504 e. The lowest BCUT2D eigenvalue weighted by Crippen LogP contribution is -2.08. The van der Waals surface area contributed by atoms with Crippen LogP contribution in [-0.4, -0.2) is 21.3 Å². The van der Waals surface area contributed by atoms with Gasteiger partial charge in [0.15, 0.2) is 17.2 Å². The van der Waals surface area contributed by atoms with Crippen LogP contribution in [0.3, 0.4) is 0 Å². The van der Waals surface area contributed by atoms with Crippen molar-refractivity contribution in [1.29, 1.82) is 0 Å². The van der Waals surface area contributed by atoms with Gasteiger partial charge in [-0.15, -0.1) is 0 Å². The van der Waals surface area contributed by atoms with Crippen LogP contribution in [0.25, 0.3) is 0 Å². The first-order valence-electron chi connectivity index (χ1n) is 11.1. The van der Waals surface area contributed by atoms with E-state index < -0.39 is 23.2 Å². The van der Waals surface area contributed by atoms with Gasteiger partial charge in [-0.05, 0) is 42.7 Å². The summed E-state index contributed by atoms with van der Waals surface area (Å²) >= 11 is 0. The van der Waals surface area contributed by atoms with Crippen molar-refractivity contribution in [2.24, 2.45) is 0 Å². The Balaban J connectivity index is 1.67. The molecule has 0 spiro atoms. The van der Waals surface area contributed by atoms with Gasteiger partial charge in [0.2, 0.25) is 0 Å². The van der Waals surface area contributed by atoms with E-state index in [4.69, 9.17) is 4.74 Å². The Bertz CT molecular complexity index is 760. The van der Waals surface area contributed by atoms with Crippen LogP contribution in [0.15, 0.2) is 36.4 Å². The van der Waals surface area contributed by atoms with Crippen molar-refractivity contribution in [1.82, 2.24) is 0 Å². The molecule has 30 heavy (non-hydrogen) atoms. The van der Waals surface area contributed by atoms with Crippen molar-refractivity contribution in [2.45, 2.75) is 77.6 Å². The molecule has 2 aromatic carbocycles. The molecule has 0 fully saturated rings. The van der Waals surface area contributed by atoms with E-state index in [1.165, 1.54) is 63.4 Å². The molecule has 164 valence electrons. The zero-order chi connectivity index (χ0) is 21.8. The summed E-state index contributed by atoms with van der Waals surface area (Å²) < 4.78 is 5.27. The lowest BCUT2D eigenvalue weighted by atomic mass is 10.0. The molecule has 0 aromatic heterocycles. The van der Waals surface area contributed by atoms with Gasteiger partial charge in [0.25, 0.3) is 0 Å². The second-order valence-electron chi connectivity index (χ2n) is 7.83. The maximum absolute atomic E-state index is 12.2. The summed E-state index contributed by atoms with van der Waals surface area (Å²) in [5, 5.41) is 28.4. The van der Waals surface area contributed by atoms with Gasteiger partial charge in [0, 0.05) is 0 Å². The van der Waals surface area contributed by atoms with E-state index in [0.717, 1.165) is 25.0 Å². The SMILES string of the molecule is CCCCCCCCCCCCc1ccc(OC(=O)c2cc(O)c(O)c(O)c2)cc1. The summed E-state index contributed by atoms with van der Waals surface area (Å²) in [5.74, 6) is -2.15. The van der Waals surface area contributed by atoms with Gasteiger partial charge in [-0.25, -0.2) is 4.79 Å². The van der Waals surface area contributed by atoms with E-state index in [0.29, 0.717) is 5.75 Å². The summed E-state index contributed by atoms with van der Waals surface area (Å²) in [6.07, 6.45) is 14.1. The number of aryl methyl sites for hydroxylation is 1. The van der Waals surface area contributed by atoms with Crippen LogP contribution >= 0.6 is 0 Å². The van der Waals surface area contributed by atoms with Gasteiger partial charge in [-0.3, -0.25) is 0 Å². The van der Waals surface area contributed by atoms with E-state index in [2.05, 4.69) is 6.92 Å². The molecule has 5 heteroatoms. The third-order valence-corrected chi connectivity index (χ3v) is 5.26. The number of rotatable bonds is 13. The number of phenolic OH excluding ortho intramolecular Hbond substituents is 3. The topological polar surface area (TPSA) is 87.0 Å². The molecule has 3 N–H and O–H groups in total. The second-order valence-corrected chi connectivity index (χ2v) is 7.83. The molecule has 2 rings (SSSR count). The molecule has 0 saturated carbocycles. The van der Waals surface area contributed by atoms with E-state index in [1.807, 2.05) is 12.1 Å².